The molecule has 1 aromatic rings. The molecule has 2 rings (SSSR count). The minimum absolute atomic E-state index is 0.0131. The molecule has 2 heterocycles. The van der Waals surface area contributed by atoms with Crippen LogP contribution < -0.4 is 5.46 Å². The van der Waals surface area contributed by atoms with Crippen molar-refractivity contribution < 1.29 is 9.31 Å². The van der Waals surface area contributed by atoms with Crippen LogP contribution >= 0.6 is 0 Å². The third-order valence-electron chi connectivity index (χ3n) is 4.30. The van der Waals surface area contributed by atoms with E-state index in [2.05, 4.69) is 53.2 Å². The molecule has 1 aliphatic rings. The van der Waals surface area contributed by atoms with Crippen LogP contribution in [0.5, 0.6) is 0 Å². The Hall–Kier alpha value is -1.07. The number of allylic oxidation sites excluding steroid dienone is 1. The molecule has 0 N–H and O–H groups in total. The smallest absolute Gasteiger partial charge is 0.399 e. The maximum Gasteiger partial charge on any atom is 0.498 e. The van der Waals surface area contributed by atoms with Crippen LogP contribution in [0.3, 0.4) is 0 Å². The van der Waals surface area contributed by atoms with E-state index < -0.39 is 0 Å². The van der Waals surface area contributed by atoms with Crippen molar-refractivity contribution in [1.29, 1.82) is 0 Å². The molecular weight excluding hydrogens is 251 g/mol. The largest absolute Gasteiger partial charge is 0.498 e. The number of nitrogens with zero attached hydrogens (tertiary/aromatic N) is 2. The molecule has 0 unspecified atom stereocenters. The highest BCUT2D eigenvalue weighted by Crippen LogP contribution is 2.36. The first-order valence-corrected chi connectivity index (χ1v) is 7.08. The minimum Gasteiger partial charge on any atom is -0.399 e. The predicted molar refractivity (Wildman–Crippen MR) is 81.9 cm³/mol. The fourth-order valence-corrected chi connectivity index (χ4v) is 2.05. The number of aromatic nitrogens is 2. The van der Waals surface area contributed by atoms with Gasteiger partial charge in [-0.25, -0.2) is 0 Å². The first-order valence-electron chi connectivity index (χ1n) is 7.08. The maximum atomic E-state index is 6.02. The fraction of sp³-hybridized carbons (Fsp3) is 0.667. The number of rotatable bonds is 4. The van der Waals surface area contributed by atoms with Crippen LogP contribution in [0, 0.1) is 5.41 Å². The lowest BCUT2D eigenvalue weighted by Crippen LogP contribution is -2.41. The molecule has 0 aliphatic carbocycles. The van der Waals surface area contributed by atoms with Crippen molar-refractivity contribution in [3.63, 3.8) is 0 Å². The van der Waals surface area contributed by atoms with E-state index >= 15 is 0 Å². The van der Waals surface area contributed by atoms with Crippen LogP contribution in [0.4, 0.5) is 0 Å². The second-order valence-corrected chi connectivity index (χ2v) is 7.25. The summed E-state index contributed by atoms with van der Waals surface area (Å²) < 4.78 is 14.0. The topological polar surface area (TPSA) is 36.3 Å². The van der Waals surface area contributed by atoms with Gasteiger partial charge < -0.3 is 9.31 Å². The molecule has 0 aromatic carbocycles. The van der Waals surface area contributed by atoms with Gasteiger partial charge in [-0.05, 0) is 27.7 Å². The van der Waals surface area contributed by atoms with Crippen LogP contribution in [0.2, 0.25) is 0 Å². The molecule has 1 aliphatic heterocycles. The third-order valence-corrected chi connectivity index (χ3v) is 4.30. The summed E-state index contributed by atoms with van der Waals surface area (Å²) in [4.78, 5) is 0. The van der Waals surface area contributed by atoms with Crippen molar-refractivity contribution in [2.45, 2.75) is 59.3 Å². The second kappa shape index (κ2) is 4.74. The van der Waals surface area contributed by atoms with E-state index in [9.17, 15) is 0 Å². The van der Waals surface area contributed by atoms with E-state index in [1.54, 1.807) is 0 Å². The zero-order valence-electron chi connectivity index (χ0n) is 13.4. The van der Waals surface area contributed by atoms with E-state index in [4.69, 9.17) is 9.31 Å². The van der Waals surface area contributed by atoms with Gasteiger partial charge in [-0.2, -0.15) is 5.10 Å². The average molecular weight is 276 g/mol. The predicted octanol–water partition coefficient (Wildman–Crippen LogP) is 2.39. The van der Waals surface area contributed by atoms with Gasteiger partial charge in [-0.15, -0.1) is 6.58 Å². The van der Waals surface area contributed by atoms with Gasteiger partial charge in [0, 0.05) is 29.8 Å². The van der Waals surface area contributed by atoms with Gasteiger partial charge in [-0.3, -0.25) is 4.68 Å². The molecule has 0 spiro atoms. The highest BCUT2D eigenvalue weighted by atomic mass is 16.7. The van der Waals surface area contributed by atoms with Crippen molar-refractivity contribution >= 4 is 12.6 Å². The van der Waals surface area contributed by atoms with Crippen LogP contribution in [-0.2, 0) is 15.9 Å². The molecule has 1 saturated heterocycles. The minimum atomic E-state index is -0.347. The SMILES string of the molecule is C=CC(C)(C)Cn1cc(B2OC(C)(C)C(C)(C)O2)cn1. The highest BCUT2D eigenvalue weighted by molar-refractivity contribution is 6.61. The molecule has 4 nitrogen and oxygen atoms in total. The molecule has 5 heteroatoms. The summed E-state index contributed by atoms with van der Waals surface area (Å²) in [5, 5.41) is 4.40. The molecular formula is C15H25BN2O2. The van der Waals surface area contributed by atoms with E-state index in [1.165, 1.54) is 0 Å². The van der Waals surface area contributed by atoms with E-state index in [-0.39, 0.29) is 23.7 Å². The summed E-state index contributed by atoms with van der Waals surface area (Å²) in [6.07, 6.45) is 5.76. The van der Waals surface area contributed by atoms with Gasteiger partial charge in [0.1, 0.15) is 0 Å². The number of hydrogen-bond donors (Lipinski definition) is 0. The summed E-state index contributed by atoms with van der Waals surface area (Å²) in [6.45, 7) is 17.1. The standard InChI is InChI=1S/C15H25BN2O2/c1-8-13(2,3)11-18-10-12(9-17-18)16-19-14(4,5)15(6,7)20-16/h8-10H,1,11H2,2-7H3. The molecule has 0 amide bonds. The monoisotopic (exact) mass is 276 g/mol. The second-order valence-electron chi connectivity index (χ2n) is 7.25. The quantitative estimate of drug-likeness (QED) is 0.626. The molecule has 0 atom stereocenters. The van der Waals surface area contributed by atoms with Gasteiger partial charge in [0.15, 0.2) is 0 Å². The summed E-state index contributed by atoms with van der Waals surface area (Å²) >= 11 is 0. The van der Waals surface area contributed by atoms with E-state index in [0.29, 0.717) is 0 Å². The summed E-state index contributed by atoms with van der Waals surface area (Å²) in [5.74, 6) is 0. The van der Waals surface area contributed by atoms with Crippen LogP contribution in [0.1, 0.15) is 41.5 Å². The molecule has 0 bridgehead atoms. The molecule has 0 radical (unpaired) electrons. The Balaban J connectivity index is 2.13. The lowest BCUT2D eigenvalue weighted by Gasteiger charge is -2.32. The molecule has 110 valence electrons. The zero-order chi connectivity index (χ0) is 15.2. The van der Waals surface area contributed by atoms with Crippen molar-refractivity contribution in [3.8, 4) is 0 Å². The summed E-state index contributed by atoms with van der Waals surface area (Å²) in [6, 6.07) is 0. The summed E-state index contributed by atoms with van der Waals surface area (Å²) in [7, 11) is -0.347. The van der Waals surface area contributed by atoms with Gasteiger partial charge >= 0.3 is 7.12 Å². The first-order chi connectivity index (χ1) is 9.06. The van der Waals surface area contributed by atoms with Gasteiger partial charge in [0.05, 0.1) is 11.2 Å². The van der Waals surface area contributed by atoms with Gasteiger partial charge in [-0.1, -0.05) is 19.9 Å². The van der Waals surface area contributed by atoms with Gasteiger partial charge in [0.25, 0.3) is 0 Å². The van der Waals surface area contributed by atoms with Crippen molar-refractivity contribution in [2.24, 2.45) is 5.41 Å². The lowest BCUT2D eigenvalue weighted by atomic mass is 9.82. The molecule has 1 aromatic heterocycles. The third kappa shape index (κ3) is 2.84. The Bertz CT molecular complexity index is 490. The van der Waals surface area contributed by atoms with E-state index in [0.717, 1.165) is 12.0 Å². The Morgan fingerprint density at radius 2 is 1.85 bits per heavy atom. The summed E-state index contributed by atoms with van der Waals surface area (Å²) in [5.41, 5.74) is 0.336. The fourth-order valence-electron chi connectivity index (χ4n) is 2.05. The number of hydrogen-bond acceptors (Lipinski definition) is 3. The Labute approximate surface area is 122 Å². The Morgan fingerprint density at radius 1 is 1.30 bits per heavy atom. The Morgan fingerprint density at radius 3 is 2.35 bits per heavy atom. The molecule has 20 heavy (non-hydrogen) atoms. The zero-order valence-corrected chi connectivity index (χ0v) is 13.4. The Kier molecular flexibility index (Phi) is 3.63. The van der Waals surface area contributed by atoms with Crippen molar-refractivity contribution in [2.75, 3.05) is 0 Å². The van der Waals surface area contributed by atoms with Crippen molar-refractivity contribution in [1.82, 2.24) is 9.78 Å². The normalized spacial score (nSPS) is 21.2. The van der Waals surface area contributed by atoms with Crippen LogP contribution in [-0.4, -0.2) is 28.1 Å². The van der Waals surface area contributed by atoms with Crippen LogP contribution in [0.25, 0.3) is 0 Å². The average Bonchev–Trinajstić information content (AvgIpc) is 2.82. The van der Waals surface area contributed by atoms with E-state index in [1.807, 2.05) is 23.2 Å². The van der Waals surface area contributed by atoms with Crippen molar-refractivity contribution in [3.05, 3.63) is 25.0 Å². The first kappa shape index (κ1) is 15.3. The van der Waals surface area contributed by atoms with Gasteiger partial charge in [0.2, 0.25) is 0 Å². The van der Waals surface area contributed by atoms with Crippen LogP contribution in [0.15, 0.2) is 25.0 Å². The maximum absolute atomic E-state index is 6.02. The molecule has 0 saturated carbocycles. The molecule has 1 fully saturated rings. The highest BCUT2D eigenvalue weighted by Gasteiger charge is 2.52. The lowest BCUT2D eigenvalue weighted by molar-refractivity contribution is 0.00578.